The number of nitrogens with two attached hydrogens (primary N) is 1. The molecule has 0 spiro atoms. The molecule has 1 fully saturated rings. The highest BCUT2D eigenvalue weighted by Crippen LogP contribution is 2.20. The van der Waals surface area contributed by atoms with Crippen molar-refractivity contribution in [2.75, 3.05) is 26.8 Å². The quantitative estimate of drug-likeness (QED) is 0.0523. The molecule has 8 atom stereocenters. The van der Waals surface area contributed by atoms with Gasteiger partial charge in [0.25, 0.3) is 0 Å². The van der Waals surface area contributed by atoms with E-state index >= 15 is 0 Å². The number of carbonyl (C=O) groups excluding carboxylic acids is 8. The molecule has 7 amide bonds. The number of nitrogens with zero attached hydrogens (tertiary/aromatic N) is 1. The van der Waals surface area contributed by atoms with Crippen LogP contribution in [0.2, 0.25) is 0 Å². The Morgan fingerprint density at radius 1 is 0.770 bits per heavy atom. The summed E-state index contributed by atoms with van der Waals surface area (Å²) in [6.45, 7) is 11.7. The molecule has 19 nitrogen and oxygen atoms in total. The number of aliphatic hydroxyl groups excluding tert-OH is 2. The van der Waals surface area contributed by atoms with Gasteiger partial charge < -0.3 is 52.6 Å². The number of benzene rings is 1. The third-order valence-electron chi connectivity index (χ3n) is 10.2. The van der Waals surface area contributed by atoms with Crippen LogP contribution in [0.25, 0.3) is 0 Å². The van der Waals surface area contributed by atoms with Crippen LogP contribution in [-0.4, -0.2) is 138 Å². The maximum Gasteiger partial charge on any atom is 0.328 e. The number of hydrogen-bond donors (Lipinski definition) is 9. The van der Waals surface area contributed by atoms with Gasteiger partial charge in [-0.2, -0.15) is 0 Å². The molecule has 0 aliphatic carbocycles. The van der Waals surface area contributed by atoms with Crippen molar-refractivity contribution in [2.45, 2.75) is 135 Å². The van der Waals surface area contributed by atoms with Gasteiger partial charge in [-0.1, -0.05) is 71.9 Å². The van der Waals surface area contributed by atoms with Crippen molar-refractivity contribution in [3.05, 3.63) is 35.9 Å². The Kier molecular flexibility index (Phi) is 21.8. The summed E-state index contributed by atoms with van der Waals surface area (Å²) < 4.78 is 4.86. The van der Waals surface area contributed by atoms with Gasteiger partial charge in [-0.25, -0.2) is 4.79 Å². The van der Waals surface area contributed by atoms with E-state index in [0.29, 0.717) is 19.4 Å². The number of methoxy groups -OCH3 is 1. The minimum atomic E-state index is -1.53. The second kappa shape index (κ2) is 25.6. The fraction of sp³-hybridized carbons (Fsp3) is 0.667. The van der Waals surface area contributed by atoms with Gasteiger partial charge in [-0.3, -0.25) is 38.5 Å². The van der Waals surface area contributed by atoms with Gasteiger partial charge in [0.1, 0.15) is 30.2 Å². The van der Waals surface area contributed by atoms with Gasteiger partial charge >= 0.3 is 5.97 Å². The lowest BCUT2D eigenvalue weighted by atomic mass is 9.99. The lowest BCUT2D eigenvalue weighted by Crippen LogP contribution is -2.60. The molecule has 1 saturated heterocycles. The van der Waals surface area contributed by atoms with Crippen LogP contribution in [0.15, 0.2) is 30.3 Å². The number of primary amides is 1. The molecule has 1 aromatic rings. The first kappa shape index (κ1) is 52.0. The standard InChI is InChI=1S/C42H68N8O11/c1-23(2)17-29(46-40(58)32(22-51)44-26(7)52)37(55)47-31(20-35(43)54)38(56)45-28(19-27-13-10-9-11-14-27)34(53)21-50-16-12-15-33(50)41(59)48-30(18-24(3)4)39(57)49-36(25(5)6)42(60)61-8/h9-11,13-14,23-25,28-34,36,51,53H,12,15-22H2,1-8H3,(H2,43,54)(H,44,52)(H,45,56)(H,46,58)(H,47,55)(H,48,59)(H,49,57)/t28-,29-,30-,31-,32-,33?,34-,36?/m0/s1. The zero-order valence-corrected chi connectivity index (χ0v) is 36.7. The molecular weight excluding hydrogens is 793 g/mol. The zero-order valence-electron chi connectivity index (χ0n) is 36.7. The molecule has 2 unspecified atom stereocenters. The number of likely N-dealkylation sites (tertiary alicyclic amines) is 1. The van der Waals surface area contributed by atoms with Crippen LogP contribution in [0.1, 0.15) is 86.1 Å². The summed E-state index contributed by atoms with van der Waals surface area (Å²) in [5.74, 6) is -6.01. The second-order valence-electron chi connectivity index (χ2n) is 16.8. The fourth-order valence-electron chi connectivity index (χ4n) is 7.09. The van der Waals surface area contributed by atoms with Crippen molar-refractivity contribution in [3.8, 4) is 0 Å². The molecule has 0 saturated carbocycles. The Balaban J connectivity index is 2.33. The minimum absolute atomic E-state index is 0.00668. The molecule has 10 N–H and O–H groups in total. The van der Waals surface area contributed by atoms with Crippen molar-refractivity contribution >= 4 is 47.3 Å². The molecule has 1 aromatic carbocycles. The molecule has 61 heavy (non-hydrogen) atoms. The Morgan fingerprint density at radius 2 is 1.31 bits per heavy atom. The topological polar surface area (TPSA) is 288 Å². The molecule has 0 aromatic heterocycles. The van der Waals surface area contributed by atoms with E-state index < -0.39 is 109 Å². The first-order valence-corrected chi connectivity index (χ1v) is 20.9. The molecule has 19 heteroatoms. The molecule has 2 rings (SSSR count). The Morgan fingerprint density at radius 3 is 1.84 bits per heavy atom. The van der Waals surface area contributed by atoms with E-state index in [1.54, 1.807) is 62.9 Å². The number of nitrogens with one attached hydrogen (secondary N) is 6. The predicted octanol–water partition coefficient (Wildman–Crippen LogP) is -1.23. The van der Waals surface area contributed by atoms with Crippen LogP contribution >= 0.6 is 0 Å². The molecular formula is C42H68N8O11. The van der Waals surface area contributed by atoms with Gasteiger partial charge in [0.2, 0.25) is 41.4 Å². The Hall–Kier alpha value is -5.14. The first-order chi connectivity index (χ1) is 28.7. The highest BCUT2D eigenvalue weighted by atomic mass is 16.5. The van der Waals surface area contributed by atoms with Crippen LogP contribution in [0, 0.1) is 17.8 Å². The number of amides is 7. The Labute approximate surface area is 358 Å². The van der Waals surface area contributed by atoms with E-state index in [-0.39, 0.29) is 43.6 Å². The van der Waals surface area contributed by atoms with E-state index in [1.807, 2.05) is 13.8 Å². The summed E-state index contributed by atoms with van der Waals surface area (Å²) in [5.41, 5.74) is 6.24. The van der Waals surface area contributed by atoms with Gasteiger partial charge in [0, 0.05) is 13.5 Å². The van der Waals surface area contributed by atoms with Crippen molar-refractivity contribution in [1.29, 1.82) is 0 Å². The monoisotopic (exact) mass is 861 g/mol. The average molecular weight is 861 g/mol. The first-order valence-electron chi connectivity index (χ1n) is 20.9. The number of β-amino-alcohol motifs (C(OH)–C–C–N with tert-alkyl or cyclic N) is 1. The SMILES string of the molecule is COC(=O)C(NC(=O)[C@H](CC(C)C)NC(=O)C1CCCN1C[C@H](O)[C@H](Cc1ccccc1)NC(=O)[C@H](CC(N)=O)NC(=O)[C@H](CC(C)C)NC(=O)[C@H](CO)NC(C)=O)C(C)C. The maximum absolute atomic E-state index is 14.0. The largest absolute Gasteiger partial charge is 0.467 e. The average Bonchev–Trinajstić information content (AvgIpc) is 3.65. The van der Waals surface area contributed by atoms with Gasteiger partial charge in [-0.15, -0.1) is 0 Å². The van der Waals surface area contributed by atoms with Crippen molar-refractivity contribution in [1.82, 2.24) is 36.8 Å². The highest BCUT2D eigenvalue weighted by Gasteiger charge is 2.38. The normalized spacial score (nSPS) is 17.6. The van der Waals surface area contributed by atoms with E-state index in [9.17, 15) is 48.6 Å². The fourth-order valence-corrected chi connectivity index (χ4v) is 7.09. The third-order valence-corrected chi connectivity index (χ3v) is 10.2. The van der Waals surface area contributed by atoms with Crippen LogP contribution in [0.5, 0.6) is 0 Å². The number of hydrogen-bond acceptors (Lipinski definition) is 12. The summed E-state index contributed by atoms with van der Waals surface area (Å²) in [4.78, 5) is 106. The summed E-state index contributed by atoms with van der Waals surface area (Å²) in [6.07, 6.45) is -0.401. The van der Waals surface area contributed by atoms with Crippen molar-refractivity contribution < 1.29 is 53.3 Å². The maximum atomic E-state index is 14.0. The van der Waals surface area contributed by atoms with Crippen LogP contribution in [-0.2, 0) is 49.5 Å². The zero-order chi connectivity index (χ0) is 46.0. The third kappa shape index (κ3) is 17.8. The number of carbonyl (C=O) groups is 8. The molecule has 0 bridgehead atoms. The van der Waals surface area contributed by atoms with Crippen LogP contribution in [0.4, 0.5) is 0 Å². The summed E-state index contributed by atoms with van der Waals surface area (Å²) >= 11 is 0. The molecule has 1 heterocycles. The summed E-state index contributed by atoms with van der Waals surface area (Å²) in [6, 6.07) is 1.22. The lowest BCUT2D eigenvalue weighted by molar-refractivity contribution is -0.146. The lowest BCUT2D eigenvalue weighted by Gasteiger charge is -2.32. The smallest absolute Gasteiger partial charge is 0.328 e. The Bertz CT molecular complexity index is 1640. The van der Waals surface area contributed by atoms with E-state index in [0.717, 1.165) is 12.5 Å². The predicted molar refractivity (Wildman–Crippen MR) is 225 cm³/mol. The second-order valence-corrected chi connectivity index (χ2v) is 16.8. The summed E-state index contributed by atoms with van der Waals surface area (Å²) in [7, 11) is 1.23. The number of ether oxygens (including phenoxy) is 1. The van der Waals surface area contributed by atoms with Gasteiger partial charge in [0.15, 0.2) is 0 Å². The van der Waals surface area contributed by atoms with Crippen molar-refractivity contribution in [3.63, 3.8) is 0 Å². The van der Waals surface area contributed by atoms with Gasteiger partial charge in [0.05, 0.1) is 38.3 Å². The number of esters is 1. The van der Waals surface area contributed by atoms with Crippen LogP contribution in [0.3, 0.4) is 0 Å². The van der Waals surface area contributed by atoms with Crippen LogP contribution < -0.4 is 37.6 Å². The summed E-state index contributed by atoms with van der Waals surface area (Å²) in [5, 5.41) is 37.1. The van der Waals surface area contributed by atoms with E-state index in [2.05, 4.69) is 31.9 Å². The molecule has 342 valence electrons. The van der Waals surface area contributed by atoms with Crippen molar-refractivity contribution in [2.24, 2.45) is 23.5 Å². The van der Waals surface area contributed by atoms with E-state index in [1.165, 1.54) is 7.11 Å². The minimum Gasteiger partial charge on any atom is -0.467 e. The number of aliphatic hydroxyl groups is 2. The molecule has 0 radical (unpaired) electrons. The molecule has 1 aliphatic heterocycles. The van der Waals surface area contributed by atoms with Gasteiger partial charge in [-0.05, 0) is 62.0 Å². The number of rotatable bonds is 25. The highest BCUT2D eigenvalue weighted by molar-refractivity contribution is 5.96. The molecule has 1 aliphatic rings. The van der Waals surface area contributed by atoms with E-state index in [4.69, 9.17) is 10.5 Å².